The smallest absolute Gasteiger partial charge is 0.257 e. The minimum absolute atomic E-state index is 0.206. The molecule has 0 saturated heterocycles. The monoisotopic (exact) mass is 389 g/mol. The van der Waals surface area contributed by atoms with Crippen LogP contribution in [0.3, 0.4) is 0 Å². The van der Waals surface area contributed by atoms with Crippen molar-refractivity contribution >= 4 is 22.4 Å². The Morgan fingerprint density at radius 2 is 1.79 bits per heavy atom. The van der Waals surface area contributed by atoms with E-state index >= 15 is 0 Å². The van der Waals surface area contributed by atoms with E-state index in [0.29, 0.717) is 17.1 Å². The van der Waals surface area contributed by atoms with Crippen LogP contribution >= 0.6 is 11.3 Å². The topological polar surface area (TPSA) is 72.7 Å². The van der Waals surface area contributed by atoms with Crippen LogP contribution in [0, 0.1) is 13.8 Å². The third kappa shape index (κ3) is 3.99. The third-order valence-electron chi connectivity index (χ3n) is 4.27. The van der Waals surface area contributed by atoms with Gasteiger partial charge in [0.05, 0.1) is 11.4 Å². The van der Waals surface area contributed by atoms with E-state index in [2.05, 4.69) is 20.6 Å². The summed E-state index contributed by atoms with van der Waals surface area (Å²) < 4.78 is 1.86. The number of carbonyl (C=O) groups excluding carboxylic acids is 1. The second-order valence-electron chi connectivity index (χ2n) is 6.50. The average molecular weight is 389 g/mol. The first kappa shape index (κ1) is 18.1. The Bertz CT molecular complexity index is 1100. The summed E-state index contributed by atoms with van der Waals surface area (Å²) in [6.07, 6.45) is 0.700. The molecule has 6 nitrogen and oxygen atoms in total. The largest absolute Gasteiger partial charge is 0.296 e. The summed E-state index contributed by atoms with van der Waals surface area (Å²) in [4.78, 5) is 12.5. The summed E-state index contributed by atoms with van der Waals surface area (Å²) in [5, 5.41) is 16.9. The van der Waals surface area contributed by atoms with E-state index in [1.54, 1.807) is 12.1 Å². The summed E-state index contributed by atoms with van der Waals surface area (Å²) >= 11 is 1.39. The predicted octanol–water partition coefficient (Wildman–Crippen LogP) is 4.18. The summed E-state index contributed by atoms with van der Waals surface area (Å²) in [7, 11) is 0. The molecule has 2 heterocycles. The van der Waals surface area contributed by atoms with Crippen LogP contribution < -0.4 is 5.32 Å². The zero-order valence-electron chi connectivity index (χ0n) is 15.6. The molecule has 0 atom stereocenters. The van der Waals surface area contributed by atoms with Crippen molar-refractivity contribution in [2.75, 3.05) is 5.32 Å². The molecule has 0 spiro atoms. The lowest BCUT2D eigenvalue weighted by atomic mass is 10.2. The number of nitrogens with one attached hydrogen (secondary N) is 1. The second-order valence-corrected chi connectivity index (χ2v) is 7.57. The second kappa shape index (κ2) is 7.74. The first-order chi connectivity index (χ1) is 13.6. The maximum absolute atomic E-state index is 12.5. The average Bonchev–Trinajstić information content (AvgIpc) is 3.28. The van der Waals surface area contributed by atoms with Crippen LogP contribution in [0.25, 0.3) is 5.69 Å². The van der Waals surface area contributed by atoms with Crippen molar-refractivity contribution in [3.8, 4) is 5.69 Å². The number of nitrogens with zero attached hydrogens (tertiary/aromatic N) is 4. The van der Waals surface area contributed by atoms with Gasteiger partial charge in [0.15, 0.2) is 0 Å². The molecule has 0 aliphatic rings. The summed E-state index contributed by atoms with van der Waals surface area (Å²) in [6, 6.07) is 19.4. The van der Waals surface area contributed by atoms with Crippen molar-refractivity contribution in [3.05, 3.63) is 88.2 Å². The Morgan fingerprint density at radius 1 is 1.04 bits per heavy atom. The van der Waals surface area contributed by atoms with E-state index in [-0.39, 0.29) is 5.91 Å². The van der Waals surface area contributed by atoms with E-state index in [4.69, 9.17) is 0 Å². The maximum Gasteiger partial charge on any atom is 0.257 e. The highest BCUT2D eigenvalue weighted by Crippen LogP contribution is 2.20. The van der Waals surface area contributed by atoms with Gasteiger partial charge in [-0.25, -0.2) is 4.68 Å². The zero-order valence-corrected chi connectivity index (χ0v) is 16.4. The van der Waals surface area contributed by atoms with Crippen LogP contribution in [0.4, 0.5) is 5.13 Å². The van der Waals surface area contributed by atoms with Gasteiger partial charge in [0, 0.05) is 17.7 Å². The SMILES string of the molecule is Cc1cc(C)n(-c2ccc(C(=O)Nc3nnc(Cc4ccccc4)s3)cc2)n1. The van der Waals surface area contributed by atoms with Crippen LogP contribution in [-0.4, -0.2) is 25.9 Å². The van der Waals surface area contributed by atoms with Crippen LogP contribution in [0.15, 0.2) is 60.7 Å². The maximum atomic E-state index is 12.5. The van der Waals surface area contributed by atoms with Gasteiger partial charge in [0.2, 0.25) is 5.13 Å². The van der Waals surface area contributed by atoms with Crippen molar-refractivity contribution in [2.45, 2.75) is 20.3 Å². The van der Waals surface area contributed by atoms with Crippen LogP contribution in [0.1, 0.15) is 32.3 Å². The van der Waals surface area contributed by atoms with Gasteiger partial charge in [-0.05, 0) is 49.7 Å². The molecule has 0 unspecified atom stereocenters. The molecule has 140 valence electrons. The fourth-order valence-electron chi connectivity index (χ4n) is 2.96. The number of carbonyl (C=O) groups is 1. The molecule has 1 amide bonds. The summed E-state index contributed by atoms with van der Waals surface area (Å²) in [5.74, 6) is -0.206. The number of aromatic nitrogens is 4. The molecule has 0 saturated carbocycles. The number of anilines is 1. The number of hydrogen-bond acceptors (Lipinski definition) is 5. The standard InChI is InChI=1S/C21H19N5OS/c1-14-12-15(2)26(25-14)18-10-8-17(9-11-18)20(27)22-21-24-23-19(28-21)13-16-6-4-3-5-7-16/h3-12H,13H2,1-2H3,(H,22,24,27). The van der Waals surface area contributed by atoms with Gasteiger partial charge in [-0.1, -0.05) is 41.7 Å². The third-order valence-corrected chi connectivity index (χ3v) is 5.11. The Kier molecular flexibility index (Phi) is 4.99. The molecule has 0 radical (unpaired) electrons. The summed E-state index contributed by atoms with van der Waals surface area (Å²) in [6.45, 7) is 3.96. The highest BCUT2D eigenvalue weighted by Gasteiger charge is 2.11. The van der Waals surface area contributed by atoms with Crippen molar-refractivity contribution in [2.24, 2.45) is 0 Å². The van der Waals surface area contributed by atoms with Crippen molar-refractivity contribution < 1.29 is 4.79 Å². The number of benzene rings is 2. The Labute approximate surface area is 166 Å². The Morgan fingerprint density at radius 3 is 2.46 bits per heavy atom. The van der Waals surface area contributed by atoms with Crippen molar-refractivity contribution in [3.63, 3.8) is 0 Å². The first-order valence-electron chi connectivity index (χ1n) is 8.90. The van der Waals surface area contributed by atoms with Gasteiger partial charge in [-0.15, -0.1) is 10.2 Å². The van der Waals surface area contributed by atoms with E-state index in [9.17, 15) is 4.79 Å². The molecule has 2 aromatic heterocycles. The number of amides is 1. The van der Waals surface area contributed by atoms with Gasteiger partial charge in [0.25, 0.3) is 5.91 Å². The lowest BCUT2D eigenvalue weighted by molar-refractivity contribution is 0.102. The normalized spacial score (nSPS) is 10.8. The summed E-state index contributed by atoms with van der Waals surface area (Å²) in [5.41, 5.74) is 4.65. The molecule has 7 heteroatoms. The minimum Gasteiger partial charge on any atom is -0.296 e. The predicted molar refractivity (Wildman–Crippen MR) is 110 cm³/mol. The lowest BCUT2D eigenvalue weighted by Gasteiger charge is -2.06. The molecular weight excluding hydrogens is 370 g/mol. The van der Waals surface area contributed by atoms with Gasteiger partial charge >= 0.3 is 0 Å². The molecule has 0 bridgehead atoms. The Hall–Kier alpha value is -3.32. The number of hydrogen-bond donors (Lipinski definition) is 1. The molecule has 2 aromatic carbocycles. The Balaban J connectivity index is 1.43. The molecule has 28 heavy (non-hydrogen) atoms. The molecule has 4 aromatic rings. The molecule has 0 fully saturated rings. The van der Waals surface area contributed by atoms with Gasteiger partial charge in [0.1, 0.15) is 5.01 Å². The molecule has 4 rings (SSSR count). The van der Waals surface area contributed by atoms with Crippen molar-refractivity contribution in [1.82, 2.24) is 20.0 Å². The minimum atomic E-state index is -0.206. The van der Waals surface area contributed by atoms with Crippen molar-refractivity contribution in [1.29, 1.82) is 0 Å². The number of rotatable bonds is 5. The van der Waals surface area contributed by atoms with Crippen LogP contribution in [-0.2, 0) is 6.42 Å². The quantitative estimate of drug-likeness (QED) is 0.556. The zero-order chi connectivity index (χ0) is 19.5. The fraction of sp³-hybridized carbons (Fsp3) is 0.143. The van der Waals surface area contributed by atoms with Crippen LogP contribution in [0.2, 0.25) is 0 Å². The number of aryl methyl sites for hydroxylation is 2. The molecule has 1 N–H and O–H groups in total. The molecule has 0 aliphatic carbocycles. The van der Waals surface area contributed by atoms with E-state index in [1.807, 2.05) is 67.1 Å². The van der Waals surface area contributed by atoms with Gasteiger partial charge in [-0.3, -0.25) is 10.1 Å². The highest BCUT2D eigenvalue weighted by molar-refractivity contribution is 7.15. The molecular formula is C21H19N5OS. The lowest BCUT2D eigenvalue weighted by Crippen LogP contribution is -2.12. The van der Waals surface area contributed by atoms with E-state index in [0.717, 1.165) is 27.6 Å². The molecule has 0 aliphatic heterocycles. The van der Waals surface area contributed by atoms with Crippen LogP contribution in [0.5, 0.6) is 0 Å². The van der Waals surface area contributed by atoms with Gasteiger partial charge < -0.3 is 0 Å². The first-order valence-corrected chi connectivity index (χ1v) is 9.71. The van der Waals surface area contributed by atoms with E-state index in [1.165, 1.54) is 11.3 Å². The van der Waals surface area contributed by atoms with E-state index < -0.39 is 0 Å². The highest BCUT2D eigenvalue weighted by atomic mass is 32.1. The fourth-order valence-corrected chi connectivity index (χ4v) is 3.73. The van der Waals surface area contributed by atoms with Gasteiger partial charge in [-0.2, -0.15) is 5.10 Å².